The predicted molar refractivity (Wildman–Crippen MR) is 103 cm³/mol. The SMILES string of the molecule is O=c1c2cccnc2ncn1Cc1nc(C2CC(c3cccc(Cl)c3)C2)no1. The van der Waals surface area contributed by atoms with E-state index in [0.717, 1.165) is 17.9 Å². The third-order valence-electron chi connectivity index (χ3n) is 5.21. The molecule has 0 aliphatic heterocycles. The molecule has 0 spiro atoms. The molecule has 1 fully saturated rings. The van der Waals surface area contributed by atoms with Gasteiger partial charge in [-0.05, 0) is 48.6 Å². The third-order valence-corrected chi connectivity index (χ3v) is 5.45. The summed E-state index contributed by atoms with van der Waals surface area (Å²) in [5.41, 5.74) is 1.49. The van der Waals surface area contributed by atoms with Crippen molar-refractivity contribution in [1.82, 2.24) is 24.7 Å². The Labute approximate surface area is 165 Å². The summed E-state index contributed by atoms with van der Waals surface area (Å²) in [6.45, 7) is 0.189. The van der Waals surface area contributed by atoms with Crippen molar-refractivity contribution in [3.63, 3.8) is 0 Å². The van der Waals surface area contributed by atoms with Gasteiger partial charge in [0.05, 0.1) is 5.39 Å². The molecule has 3 aromatic heterocycles. The van der Waals surface area contributed by atoms with Crippen molar-refractivity contribution in [3.8, 4) is 0 Å². The van der Waals surface area contributed by atoms with Crippen molar-refractivity contribution in [1.29, 1.82) is 0 Å². The highest BCUT2D eigenvalue weighted by Crippen LogP contribution is 2.46. The summed E-state index contributed by atoms with van der Waals surface area (Å²) >= 11 is 6.08. The summed E-state index contributed by atoms with van der Waals surface area (Å²) in [7, 11) is 0. The minimum Gasteiger partial charge on any atom is -0.337 e. The van der Waals surface area contributed by atoms with Gasteiger partial charge in [-0.15, -0.1) is 0 Å². The van der Waals surface area contributed by atoms with E-state index in [1.54, 1.807) is 18.3 Å². The smallest absolute Gasteiger partial charge is 0.263 e. The average molecular weight is 394 g/mol. The molecule has 0 bridgehead atoms. The predicted octanol–water partition coefficient (Wildman–Crippen LogP) is 3.54. The summed E-state index contributed by atoms with van der Waals surface area (Å²) in [6, 6.07) is 11.4. The van der Waals surface area contributed by atoms with E-state index in [2.05, 4.69) is 26.2 Å². The first-order valence-corrected chi connectivity index (χ1v) is 9.43. The van der Waals surface area contributed by atoms with E-state index in [1.807, 2.05) is 18.2 Å². The zero-order valence-electron chi connectivity index (χ0n) is 14.8. The van der Waals surface area contributed by atoms with E-state index < -0.39 is 0 Å². The Kier molecular flexibility index (Phi) is 4.16. The number of aromatic nitrogens is 5. The lowest BCUT2D eigenvalue weighted by Crippen LogP contribution is -2.22. The highest BCUT2D eigenvalue weighted by Gasteiger charge is 2.34. The molecule has 0 radical (unpaired) electrons. The lowest BCUT2D eigenvalue weighted by molar-refractivity contribution is 0.315. The topological polar surface area (TPSA) is 86.7 Å². The van der Waals surface area contributed by atoms with Crippen LogP contribution in [0.1, 0.15) is 42.0 Å². The number of halogens is 1. The second-order valence-corrected chi connectivity index (χ2v) is 7.46. The van der Waals surface area contributed by atoms with E-state index in [-0.39, 0.29) is 18.0 Å². The molecule has 0 unspecified atom stereocenters. The second kappa shape index (κ2) is 6.83. The maximum atomic E-state index is 12.6. The molecule has 140 valence electrons. The fraction of sp³-hybridized carbons (Fsp3) is 0.250. The maximum Gasteiger partial charge on any atom is 0.263 e. The lowest BCUT2D eigenvalue weighted by Gasteiger charge is -2.33. The number of pyridine rings is 1. The average Bonchev–Trinajstić information content (AvgIpc) is 3.11. The fourth-order valence-corrected chi connectivity index (χ4v) is 3.81. The highest BCUT2D eigenvalue weighted by atomic mass is 35.5. The van der Waals surface area contributed by atoms with Crippen LogP contribution in [-0.2, 0) is 6.54 Å². The number of hydrogen-bond donors (Lipinski definition) is 0. The van der Waals surface area contributed by atoms with Crippen LogP contribution in [0.2, 0.25) is 5.02 Å². The van der Waals surface area contributed by atoms with Crippen molar-refractivity contribution in [3.05, 3.63) is 81.6 Å². The molecule has 7 nitrogen and oxygen atoms in total. The van der Waals surface area contributed by atoms with Crippen LogP contribution >= 0.6 is 11.6 Å². The van der Waals surface area contributed by atoms with Gasteiger partial charge in [0.15, 0.2) is 11.5 Å². The van der Waals surface area contributed by atoms with Crippen LogP contribution in [0.15, 0.2) is 58.2 Å². The standard InChI is InChI=1S/C20H16ClN5O2/c21-15-4-1-3-12(9-15)13-7-14(8-13)18-24-17(28-25-18)10-26-11-23-19-16(20(26)27)5-2-6-22-19/h1-6,9,11,13-14H,7-8,10H2. The van der Waals surface area contributed by atoms with Crippen LogP contribution in [-0.4, -0.2) is 24.7 Å². The number of rotatable bonds is 4. The van der Waals surface area contributed by atoms with E-state index in [1.165, 1.54) is 16.5 Å². The molecule has 1 saturated carbocycles. The van der Waals surface area contributed by atoms with Gasteiger partial charge in [0, 0.05) is 17.1 Å². The zero-order chi connectivity index (χ0) is 19.1. The molecule has 0 saturated heterocycles. The van der Waals surface area contributed by atoms with Crippen molar-refractivity contribution in [2.45, 2.75) is 31.2 Å². The molecule has 4 aromatic rings. The minimum absolute atomic E-state index is 0.178. The van der Waals surface area contributed by atoms with Gasteiger partial charge in [-0.25, -0.2) is 9.97 Å². The van der Waals surface area contributed by atoms with Crippen molar-refractivity contribution < 1.29 is 4.52 Å². The Morgan fingerprint density at radius 3 is 2.89 bits per heavy atom. The minimum atomic E-state index is -0.178. The van der Waals surface area contributed by atoms with E-state index in [4.69, 9.17) is 16.1 Å². The molecule has 1 aliphatic rings. The quantitative estimate of drug-likeness (QED) is 0.527. The second-order valence-electron chi connectivity index (χ2n) is 7.02. The largest absolute Gasteiger partial charge is 0.337 e. The molecule has 0 atom stereocenters. The Bertz CT molecular complexity index is 1210. The maximum absolute atomic E-state index is 12.6. The first-order chi connectivity index (χ1) is 13.7. The van der Waals surface area contributed by atoms with Crippen LogP contribution in [0.4, 0.5) is 0 Å². The summed E-state index contributed by atoms with van der Waals surface area (Å²) in [5.74, 6) is 1.81. The molecule has 28 heavy (non-hydrogen) atoms. The van der Waals surface area contributed by atoms with Gasteiger partial charge in [0.25, 0.3) is 5.56 Å². The van der Waals surface area contributed by atoms with Gasteiger partial charge in [-0.2, -0.15) is 4.98 Å². The molecule has 0 amide bonds. The number of nitrogens with zero attached hydrogens (tertiary/aromatic N) is 5. The van der Waals surface area contributed by atoms with Gasteiger partial charge < -0.3 is 4.52 Å². The van der Waals surface area contributed by atoms with Crippen LogP contribution in [0.5, 0.6) is 0 Å². The van der Waals surface area contributed by atoms with Gasteiger partial charge >= 0.3 is 0 Å². The first kappa shape index (κ1) is 17.1. The van der Waals surface area contributed by atoms with Gasteiger partial charge in [0.1, 0.15) is 12.9 Å². The Morgan fingerprint density at radius 1 is 1.14 bits per heavy atom. The van der Waals surface area contributed by atoms with Crippen molar-refractivity contribution in [2.24, 2.45) is 0 Å². The molecular formula is C20H16ClN5O2. The van der Waals surface area contributed by atoms with Gasteiger partial charge in [-0.3, -0.25) is 9.36 Å². The van der Waals surface area contributed by atoms with E-state index >= 15 is 0 Å². The summed E-state index contributed by atoms with van der Waals surface area (Å²) in [5, 5.41) is 5.33. The Balaban J connectivity index is 1.30. The molecule has 3 heterocycles. The first-order valence-electron chi connectivity index (χ1n) is 9.05. The Morgan fingerprint density at radius 2 is 2.04 bits per heavy atom. The number of benzene rings is 1. The Hall–Kier alpha value is -3.06. The van der Waals surface area contributed by atoms with Crippen LogP contribution in [0.3, 0.4) is 0 Å². The van der Waals surface area contributed by atoms with E-state index in [0.29, 0.717) is 28.7 Å². The molecule has 1 aromatic carbocycles. The van der Waals surface area contributed by atoms with E-state index in [9.17, 15) is 4.79 Å². The summed E-state index contributed by atoms with van der Waals surface area (Å²) < 4.78 is 6.82. The molecule has 0 N–H and O–H groups in total. The highest BCUT2D eigenvalue weighted by molar-refractivity contribution is 6.30. The number of fused-ring (bicyclic) bond motifs is 1. The van der Waals surface area contributed by atoms with Crippen LogP contribution in [0.25, 0.3) is 11.0 Å². The monoisotopic (exact) mass is 393 g/mol. The molecule has 1 aliphatic carbocycles. The normalized spacial score (nSPS) is 18.9. The third kappa shape index (κ3) is 3.07. The van der Waals surface area contributed by atoms with Crippen LogP contribution < -0.4 is 5.56 Å². The zero-order valence-corrected chi connectivity index (χ0v) is 15.6. The van der Waals surface area contributed by atoms with Crippen molar-refractivity contribution in [2.75, 3.05) is 0 Å². The van der Waals surface area contributed by atoms with Crippen molar-refractivity contribution >= 4 is 22.6 Å². The molecule has 8 heteroatoms. The van der Waals surface area contributed by atoms with Crippen LogP contribution in [0, 0.1) is 0 Å². The molecular weight excluding hydrogens is 378 g/mol. The summed E-state index contributed by atoms with van der Waals surface area (Å²) in [6.07, 6.45) is 4.99. The van der Waals surface area contributed by atoms with Gasteiger partial charge in [0.2, 0.25) is 5.89 Å². The number of hydrogen-bond acceptors (Lipinski definition) is 6. The lowest BCUT2D eigenvalue weighted by atomic mass is 9.71. The van der Waals surface area contributed by atoms with Gasteiger partial charge in [-0.1, -0.05) is 28.9 Å². The summed E-state index contributed by atoms with van der Waals surface area (Å²) in [4.78, 5) is 25.3. The molecule has 5 rings (SSSR count). The fourth-order valence-electron chi connectivity index (χ4n) is 3.62.